The lowest BCUT2D eigenvalue weighted by Gasteiger charge is -2.26. The maximum Gasteiger partial charge on any atom is 0.335 e. The number of aromatic carboxylic acids is 1. The minimum absolute atomic E-state index is 0.0682. The first-order chi connectivity index (χ1) is 9.69. The molecule has 0 atom stereocenters. The van der Waals surface area contributed by atoms with Crippen LogP contribution in [-0.2, 0) is 6.42 Å². The first-order valence-corrected chi connectivity index (χ1v) is 7.00. The highest BCUT2D eigenvalue weighted by molar-refractivity contribution is 5.87. The Bertz CT molecular complexity index is 489. The highest BCUT2D eigenvalue weighted by Crippen LogP contribution is 2.14. The van der Waals surface area contributed by atoms with Gasteiger partial charge in [0.1, 0.15) is 0 Å². The Kier molecular flexibility index (Phi) is 5.76. The quantitative estimate of drug-likeness (QED) is 0.876. The molecule has 0 fully saturated rings. The van der Waals surface area contributed by atoms with E-state index >= 15 is 0 Å². The Balaban J connectivity index is 2.39. The Hall–Kier alpha value is -2.04. The molecule has 0 aliphatic heterocycles. The van der Waals surface area contributed by atoms with Gasteiger partial charge >= 0.3 is 12.0 Å². The summed E-state index contributed by atoms with van der Waals surface area (Å²) in [6.45, 7) is 7.47. The van der Waals surface area contributed by atoms with Gasteiger partial charge in [0.15, 0.2) is 0 Å². The summed E-state index contributed by atoms with van der Waals surface area (Å²) in [7, 11) is 1.78. The van der Waals surface area contributed by atoms with Gasteiger partial charge in [-0.2, -0.15) is 0 Å². The molecule has 0 unspecified atom stereocenters. The van der Waals surface area contributed by atoms with E-state index in [1.807, 2.05) is 0 Å². The van der Waals surface area contributed by atoms with Gasteiger partial charge in [-0.05, 0) is 29.5 Å². The van der Waals surface area contributed by atoms with E-state index in [2.05, 4.69) is 26.1 Å². The van der Waals surface area contributed by atoms with Crippen molar-refractivity contribution >= 4 is 12.0 Å². The molecule has 1 rings (SSSR count). The largest absolute Gasteiger partial charge is 0.478 e. The van der Waals surface area contributed by atoms with Crippen molar-refractivity contribution in [2.24, 2.45) is 5.41 Å². The lowest BCUT2D eigenvalue weighted by Crippen LogP contribution is -2.42. The molecule has 0 aliphatic carbocycles. The fraction of sp³-hybridized carbons (Fsp3) is 0.500. The Morgan fingerprint density at radius 1 is 1.19 bits per heavy atom. The van der Waals surface area contributed by atoms with Crippen LogP contribution in [0.1, 0.15) is 36.7 Å². The third-order valence-electron chi connectivity index (χ3n) is 2.95. The van der Waals surface area contributed by atoms with E-state index in [0.717, 1.165) is 5.56 Å². The monoisotopic (exact) mass is 292 g/mol. The van der Waals surface area contributed by atoms with E-state index in [4.69, 9.17) is 5.11 Å². The van der Waals surface area contributed by atoms with Gasteiger partial charge in [0.25, 0.3) is 0 Å². The topological polar surface area (TPSA) is 69.6 Å². The van der Waals surface area contributed by atoms with Crippen LogP contribution in [-0.4, -0.2) is 42.1 Å². The molecule has 0 saturated heterocycles. The van der Waals surface area contributed by atoms with Crippen LogP contribution in [0.4, 0.5) is 4.79 Å². The predicted octanol–water partition coefficient (Wildman–Crippen LogP) is 2.61. The number of amides is 2. The first-order valence-electron chi connectivity index (χ1n) is 7.00. The number of hydrogen-bond acceptors (Lipinski definition) is 2. The van der Waals surface area contributed by atoms with E-state index in [1.54, 1.807) is 36.2 Å². The van der Waals surface area contributed by atoms with E-state index in [0.29, 0.717) is 19.5 Å². The molecule has 1 aromatic carbocycles. The molecule has 0 radical (unpaired) electrons. The predicted molar refractivity (Wildman–Crippen MR) is 82.6 cm³/mol. The lowest BCUT2D eigenvalue weighted by molar-refractivity contribution is 0.0697. The number of carbonyl (C=O) groups excluding carboxylic acids is 1. The van der Waals surface area contributed by atoms with Crippen molar-refractivity contribution < 1.29 is 14.7 Å². The van der Waals surface area contributed by atoms with E-state index in [-0.39, 0.29) is 17.0 Å². The fourth-order valence-corrected chi connectivity index (χ4v) is 2.05. The van der Waals surface area contributed by atoms with Crippen molar-refractivity contribution in [2.75, 3.05) is 20.1 Å². The lowest BCUT2D eigenvalue weighted by atomic mass is 9.96. The van der Waals surface area contributed by atoms with E-state index in [9.17, 15) is 9.59 Å². The molecule has 0 saturated carbocycles. The standard InChI is InChI=1S/C16H24N2O3/c1-16(2,3)11-18(4)15(21)17-10-9-12-5-7-13(8-6-12)14(19)20/h5-8H,9-11H2,1-4H3,(H,17,21)(H,19,20). The van der Waals surface area contributed by atoms with Crippen LogP contribution in [0.2, 0.25) is 0 Å². The second-order valence-corrected chi connectivity index (χ2v) is 6.40. The third kappa shape index (κ3) is 6.29. The summed E-state index contributed by atoms with van der Waals surface area (Å²) in [6, 6.07) is 6.60. The molecular formula is C16H24N2O3. The van der Waals surface area contributed by atoms with Crippen molar-refractivity contribution in [3.05, 3.63) is 35.4 Å². The number of hydrogen-bond donors (Lipinski definition) is 2. The molecular weight excluding hydrogens is 268 g/mol. The first kappa shape index (κ1) is 17.0. The average Bonchev–Trinajstić information content (AvgIpc) is 2.37. The summed E-state index contributed by atoms with van der Waals surface area (Å²) in [5, 5.41) is 11.7. The molecule has 0 spiro atoms. The maximum atomic E-state index is 11.9. The average molecular weight is 292 g/mol. The molecule has 2 amide bonds. The van der Waals surface area contributed by atoms with Crippen LogP contribution in [0.3, 0.4) is 0 Å². The zero-order valence-electron chi connectivity index (χ0n) is 13.1. The highest BCUT2D eigenvalue weighted by Gasteiger charge is 2.17. The van der Waals surface area contributed by atoms with Gasteiger partial charge < -0.3 is 15.3 Å². The van der Waals surface area contributed by atoms with Gasteiger partial charge in [0, 0.05) is 20.1 Å². The minimum Gasteiger partial charge on any atom is -0.478 e. The van der Waals surface area contributed by atoms with Crippen molar-refractivity contribution in [1.82, 2.24) is 10.2 Å². The summed E-state index contributed by atoms with van der Waals surface area (Å²) >= 11 is 0. The molecule has 5 nitrogen and oxygen atoms in total. The number of carbonyl (C=O) groups is 2. The highest BCUT2D eigenvalue weighted by atomic mass is 16.4. The maximum absolute atomic E-state index is 11.9. The smallest absolute Gasteiger partial charge is 0.335 e. The molecule has 0 heterocycles. The number of benzene rings is 1. The van der Waals surface area contributed by atoms with Crippen molar-refractivity contribution in [3.63, 3.8) is 0 Å². The molecule has 2 N–H and O–H groups in total. The van der Waals surface area contributed by atoms with Gasteiger partial charge in [0.2, 0.25) is 0 Å². The summed E-state index contributed by atoms with van der Waals surface area (Å²) < 4.78 is 0. The normalized spacial score (nSPS) is 11.0. The van der Waals surface area contributed by atoms with Crippen LogP contribution in [0.5, 0.6) is 0 Å². The number of urea groups is 1. The number of carboxylic acids is 1. The minimum atomic E-state index is -0.932. The Labute approximate surface area is 126 Å². The molecule has 5 heteroatoms. The zero-order chi connectivity index (χ0) is 16.0. The van der Waals surface area contributed by atoms with Crippen LogP contribution < -0.4 is 5.32 Å². The molecule has 116 valence electrons. The second kappa shape index (κ2) is 7.11. The summed E-state index contributed by atoms with van der Waals surface area (Å²) in [6.07, 6.45) is 0.676. The number of nitrogens with zero attached hydrogens (tertiary/aromatic N) is 1. The van der Waals surface area contributed by atoms with Crippen LogP contribution in [0.15, 0.2) is 24.3 Å². The molecule has 0 bridgehead atoms. The van der Waals surface area contributed by atoms with Gasteiger partial charge in [-0.3, -0.25) is 0 Å². The Morgan fingerprint density at radius 2 is 1.76 bits per heavy atom. The van der Waals surface area contributed by atoms with Crippen molar-refractivity contribution in [2.45, 2.75) is 27.2 Å². The van der Waals surface area contributed by atoms with E-state index in [1.165, 1.54) is 0 Å². The van der Waals surface area contributed by atoms with Crippen LogP contribution in [0.25, 0.3) is 0 Å². The summed E-state index contributed by atoms with van der Waals surface area (Å²) in [5.41, 5.74) is 1.34. The third-order valence-corrected chi connectivity index (χ3v) is 2.95. The number of rotatable bonds is 5. The molecule has 1 aromatic rings. The molecule has 21 heavy (non-hydrogen) atoms. The molecule has 0 aliphatic rings. The van der Waals surface area contributed by atoms with Gasteiger partial charge in [-0.1, -0.05) is 32.9 Å². The number of carboxylic acid groups (broad SMARTS) is 1. The van der Waals surface area contributed by atoms with E-state index < -0.39 is 5.97 Å². The fourth-order valence-electron chi connectivity index (χ4n) is 2.05. The van der Waals surface area contributed by atoms with Gasteiger partial charge in [-0.15, -0.1) is 0 Å². The van der Waals surface area contributed by atoms with Crippen LogP contribution in [0, 0.1) is 5.41 Å². The second-order valence-electron chi connectivity index (χ2n) is 6.40. The van der Waals surface area contributed by atoms with Crippen molar-refractivity contribution in [1.29, 1.82) is 0 Å². The summed E-state index contributed by atoms with van der Waals surface area (Å²) in [4.78, 5) is 24.3. The summed E-state index contributed by atoms with van der Waals surface area (Å²) in [5.74, 6) is -0.932. The van der Waals surface area contributed by atoms with Crippen LogP contribution >= 0.6 is 0 Å². The number of nitrogens with one attached hydrogen (secondary N) is 1. The molecule has 0 aromatic heterocycles. The SMILES string of the molecule is CN(CC(C)(C)C)C(=O)NCCc1ccc(C(=O)O)cc1. The van der Waals surface area contributed by atoms with Crippen molar-refractivity contribution in [3.8, 4) is 0 Å². The van der Waals surface area contributed by atoms with Gasteiger partial charge in [-0.25, -0.2) is 9.59 Å². The van der Waals surface area contributed by atoms with Gasteiger partial charge in [0.05, 0.1) is 5.56 Å². The Morgan fingerprint density at radius 3 is 2.24 bits per heavy atom. The zero-order valence-corrected chi connectivity index (χ0v) is 13.1.